The lowest BCUT2D eigenvalue weighted by Crippen LogP contribution is -2.54. The van der Waals surface area contributed by atoms with Gasteiger partial charge in [-0.15, -0.1) is 0 Å². The topological polar surface area (TPSA) is 24.5 Å². The second-order valence-corrected chi connectivity index (χ2v) is 7.29. The highest BCUT2D eigenvalue weighted by Crippen LogP contribution is 2.36. The minimum Gasteiger partial charge on any atom is -0.497 e. The van der Waals surface area contributed by atoms with E-state index < -0.39 is 0 Å². The normalized spacial score (nSPS) is 21.4. The fourth-order valence-corrected chi connectivity index (χ4v) is 4.30. The van der Waals surface area contributed by atoms with Gasteiger partial charge in [0.25, 0.3) is 0 Å². The third-order valence-corrected chi connectivity index (χ3v) is 5.70. The van der Waals surface area contributed by atoms with Crippen LogP contribution in [-0.4, -0.2) is 43.7 Å². The molecule has 1 saturated carbocycles. The van der Waals surface area contributed by atoms with Crippen molar-refractivity contribution in [1.82, 2.24) is 10.2 Å². The van der Waals surface area contributed by atoms with Crippen LogP contribution in [0, 0.1) is 0 Å². The van der Waals surface area contributed by atoms with Crippen LogP contribution >= 0.6 is 0 Å². The monoisotopic (exact) mass is 328 g/mol. The first kappa shape index (κ1) is 17.5. The van der Waals surface area contributed by atoms with Gasteiger partial charge >= 0.3 is 0 Å². The van der Waals surface area contributed by atoms with Gasteiger partial charge in [-0.2, -0.15) is 0 Å². The average molecular weight is 329 g/mol. The van der Waals surface area contributed by atoms with Crippen LogP contribution in [0.4, 0.5) is 0 Å². The minimum atomic E-state index is 0.439. The molecule has 3 rings (SSSR count). The number of nitrogens with one attached hydrogen (secondary N) is 1. The van der Waals surface area contributed by atoms with Gasteiger partial charge < -0.3 is 10.1 Å². The van der Waals surface area contributed by atoms with Crippen LogP contribution in [0.25, 0.3) is 6.08 Å². The van der Waals surface area contributed by atoms with Crippen LogP contribution in [0.3, 0.4) is 0 Å². The molecule has 0 bridgehead atoms. The van der Waals surface area contributed by atoms with Crippen LogP contribution < -0.4 is 10.1 Å². The number of rotatable bonds is 7. The molecule has 2 fully saturated rings. The largest absolute Gasteiger partial charge is 0.497 e. The zero-order valence-corrected chi connectivity index (χ0v) is 15.1. The van der Waals surface area contributed by atoms with Gasteiger partial charge in [-0.1, -0.05) is 43.5 Å². The van der Waals surface area contributed by atoms with Crippen molar-refractivity contribution in [1.29, 1.82) is 0 Å². The van der Waals surface area contributed by atoms with Gasteiger partial charge in [-0.3, -0.25) is 4.90 Å². The van der Waals surface area contributed by atoms with E-state index in [1.54, 1.807) is 7.11 Å². The molecule has 3 nitrogen and oxygen atoms in total. The molecular weight excluding hydrogens is 296 g/mol. The lowest BCUT2D eigenvalue weighted by Gasteiger charge is -2.44. The number of benzene rings is 1. The fraction of sp³-hybridized carbons (Fsp3) is 0.619. The summed E-state index contributed by atoms with van der Waals surface area (Å²) in [4.78, 5) is 2.80. The third kappa shape index (κ3) is 4.40. The van der Waals surface area contributed by atoms with E-state index in [-0.39, 0.29) is 0 Å². The van der Waals surface area contributed by atoms with Crippen molar-refractivity contribution in [3.63, 3.8) is 0 Å². The Morgan fingerprint density at radius 1 is 1.04 bits per heavy atom. The van der Waals surface area contributed by atoms with Crippen LogP contribution in [0.2, 0.25) is 0 Å². The Balaban J connectivity index is 1.47. The van der Waals surface area contributed by atoms with Gasteiger partial charge in [-0.05, 0) is 56.5 Å². The second-order valence-electron chi connectivity index (χ2n) is 7.29. The minimum absolute atomic E-state index is 0.439. The lowest BCUT2D eigenvalue weighted by atomic mass is 9.92. The number of hydrogen-bond donors (Lipinski definition) is 1. The number of likely N-dealkylation sites (tertiary alicyclic amines) is 1. The zero-order valence-electron chi connectivity index (χ0n) is 15.1. The molecule has 0 radical (unpaired) electrons. The molecule has 1 aromatic carbocycles. The van der Waals surface area contributed by atoms with Gasteiger partial charge in [0.15, 0.2) is 0 Å². The van der Waals surface area contributed by atoms with Crippen molar-refractivity contribution in [2.45, 2.75) is 50.5 Å². The molecule has 2 aliphatic rings. The van der Waals surface area contributed by atoms with Crippen molar-refractivity contribution in [2.75, 3.05) is 33.3 Å². The number of nitrogens with zero attached hydrogens (tertiary/aromatic N) is 1. The van der Waals surface area contributed by atoms with Crippen LogP contribution in [0.5, 0.6) is 5.75 Å². The smallest absolute Gasteiger partial charge is 0.118 e. The van der Waals surface area contributed by atoms with E-state index >= 15 is 0 Å². The molecule has 0 spiro atoms. The summed E-state index contributed by atoms with van der Waals surface area (Å²) < 4.78 is 5.20. The van der Waals surface area contributed by atoms with Crippen molar-refractivity contribution in [3.8, 4) is 5.75 Å². The third-order valence-electron chi connectivity index (χ3n) is 5.70. The maximum Gasteiger partial charge on any atom is 0.118 e. The number of hydrogen-bond acceptors (Lipinski definition) is 3. The highest BCUT2D eigenvalue weighted by Gasteiger charge is 2.39. The summed E-state index contributed by atoms with van der Waals surface area (Å²) in [6.45, 7) is 4.70. The molecule has 0 aromatic heterocycles. The molecule has 0 unspecified atom stereocenters. The molecule has 0 atom stereocenters. The first-order valence-corrected chi connectivity index (χ1v) is 9.59. The van der Waals surface area contributed by atoms with Gasteiger partial charge in [0, 0.05) is 18.6 Å². The standard InChI is InChI=1S/C21H32N2O/c1-24-20-11-9-19(10-12-20)8-7-15-22-18-21(13-3-4-14-21)23-16-5-2-6-17-23/h7-12,22H,2-6,13-18H2,1H3. The van der Waals surface area contributed by atoms with E-state index in [0.717, 1.165) is 18.8 Å². The number of methoxy groups -OCH3 is 1. The van der Waals surface area contributed by atoms with Crippen molar-refractivity contribution < 1.29 is 4.74 Å². The molecule has 1 heterocycles. The van der Waals surface area contributed by atoms with E-state index in [4.69, 9.17) is 4.74 Å². The van der Waals surface area contributed by atoms with Crippen LogP contribution in [0.15, 0.2) is 30.3 Å². The maximum atomic E-state index is 5.20. The summed E-state index contributed by atoms with van der Waals surface area (Å²) in [5.41, 5.74) is 1.66. The predicted octanol–water partition coefficient (Wildman–Crippen LogP) is 4.10. The van der Waals surface area contributed by atoms with Crippen LogP contribution in [0.1, 0.15) is 50.5 Å². The molecule has 1 aromatic rings. The summed E-state index contributed by atoms with van der Waals surface area (Å²) >= 11 is 0. The Kier molecular flexibility index (Phi) is 6.33. The Morgan fingerprint density at radius 3 is 2.42 bits per heavy atom. The maximum absolute atomic E-state index is 5.20. The van der Waals surface area contributed by atoms with Crippen molar-refractivity contribution in [3.05, 3.63) is 35.9 Å². The first-order chi connectivity index (χ1) is 11.8. The molecule has 132 valence electrons. The van der Waals surface area contributed by atoms with E-state index in [2.05, 4.69) is 34.5 Å². The molecule has 3 heteroatoms. The molecule has 0 amide bonds. The SMILES string of the molecule is COc1ccc(C=CCNCC2(N3CCCCC3)CCCC2)cc1. The molecular formula is C21H32N2O. The lowest BCUT2D eigenvalue weighted by molar-refractivity contribution is 0.0707. The molecule has 1 saturated heterocycles. The highest BCUT2D eigenvalue weighted by molar-refractivity contribution is 5.50. The first-order valence-electron chi connectivity index (χ1n) is 9.59. The zero-order chi connectivity index (χ0) is 16.7. The summed E-state index contributed by atoms with van der Waals surface area (Å²) in [5, 5.41) is 3.71. The van der Waals surface area contributed by atoms with Crippen molar-refractivity contribution >= 4 is 6.08 Å². The summed E-state index contributed by atoms with van der Waals surface area (Å²) in [7, 11) is 1.70. The molecule has 24 heavy (non-hydrogen) atoms. The second kappa shape index (κ2) is 8.68. The van der Waals surface area contributed by atoms with Crippen LogP contribution in [-0.2, 0) is 0 Å². The van der Waals surface area contributed by atoms with E-state index in [1.807, 2.05) is 12.1 Å². The predicted molar refractivity (Wildman–Crippen MR) is 102 cm³/mol. The highest BCUT2D eigenvalue weighted by atomic mass is 16.5. The van der Waals surface area contributed by atoms with Crippen molar-refractivity contribution in [2.24, 2.45) is 0 Å². The number of ether oxygens (including phenoxy) is 1. The quantitative estimate of drug-likeness (QED) is 0.763. The van der Waals surface area contributed by atoms with Gasteiger partial charge in [0.1, 0.15) is 5.75 Å². The Labute approximate surface area is 147 Å². The Morgan fingerprint density at radius 2 is 1.75 bits per heavy atom. The van der Waals surface area contributed by atoms with Gasteiger partial charge in [-0.25, -0.2) is 0 Å². The number of piperidine rings is 1. The Hall–Kier alpha value is -1.32. The summed E-state index contributed by atoms with van der Waals surface area (Å²) in [5.74, 6) is 0.912. The molecule has 1 aliphatic carbocycles. The summed E-state index contributed by atoms with van der Waals surface area (Å²) in [6.07, 6.45) is 14.2. The van der Waals surface area contributed by atoms with E-state index in [0.29, 0.717) is 5.54 Å². The van der Waals surface area contributed by atoms with E-state index in [1.165, 1.54) is 63.6 Å². The fourth-order valence-electron chi connectivity index (χ4n) is 4.30. The molecule has 1 N–H and O–H groups in total. The molecule has 1 aliphatic heterocycles. The van der Waals surface area contributed by atoms with E-state index in [9.17, 15) is 0 Å². The van der Waals surface area contributed by atoms with Gasteiger partial charge in [0.05, 0.1) is 7.11 Å². The van der Waals surface area contributed by atoms with Gasteiger partial charge in [0.2, 0.25) is 0 Å². The summed E-state index contributed by atoms with van der Waals surface area (Å²) in [6, 6.07) is 8.22. The average Bonchev–Trinajstić information content (AvgIpc) is 3.13. The Bertz CT molecular complexity index is 511.